The molecule has 0 spiro atoms. The fourth-order valence-electron chi connectivity index (χ4n) is 3.35. The first-order valence-electron chi connectivity index (χ1n) is 7.85. The zero-order valence-corrected chi connectivity index (χ0v) is 14.9. The van der Waals surface area contributed by atoms with Gasteiger partial charge >= 0.3 is 0 Å². The molecule has 1 nitrogen and oxygen atoms in total. The van der Waals surface area contributed by atoms with Crippen LogP contribution in [-0.4, -0.2) is 13.1 Å². The molecule has 0 bridgehead atoms. The summed E-state index contributed by atoms with van der Waals surface area (Å²) in [7, 11) is 0. The van der Waals surface area contributed by atoms with Gasteiger partial charge in [0.05, 0.1) is 0 Å². The van der Waals surface area contributed by atoms with Crippen molar-refractivity contribution >= 4 is 15.9 Å². The molecular weight excluding hydrogens is 310 g/mol. The second kappa shape index (κ2) is 6.19. The molecule has 1 aromatic carbocycles. The molecule has 1 aliphatic rings. The monoisotopic (exact) mass is 337 g/mol. The molecule has 0 amide bonds. The molecule has 0 unspecified atom stereocenters. The number of halogens is 1. The second-order valence-corrected chi connectivity index (χ2v) is 8.26. The van der Waals surface area contributed by atoms with Crippen molar-refractivity contribution in [2.24, 2.45) is 11.3 Å². The van der Waals surface area contributed by atoms with E-state index < -0.39 is 0 Å². The third kappa shape index (κ3) is 3.28. The number of benzene rings is 1. The lowest BCUT2D eigenvalue weighted by atomic mass is 9.52. The zero-order chi connectivity index (χ0) is 14.8. The van der Waals surface area contributed by atoms with Crippen LogP contribution in [0.15, 0.2) is 28.7 Å². The van der Waals surface area contributed by atoms with Gasteiger partial charge in [-0.05, 0) is 48.8 Å². The lowest BCUT2D eigenvalue weighted by Gasteiger charge is -2.54. The lowest BCUT2D eigenvalue weighted by Crippen LogP contribution is -2.52. The maximum Gasteiger partial charge on any atom is 0.0213 e. The molecule has 1 aliphatic carbocycles. The fourth-order valence-corrected chi connectivity index (χ4v) is 4.06. The summed E-state index contributed by atoms with van der Waals surface area (Å²) in [4.78, 5) is 0. The Morgan fingerprint density at radius 3 is 2.45 bits per heavy atom. The van der Waals surface area contributed by atoms with Gasteiger partial charge in [-0.1, -0.05) is 61.8 Å². The van der Waals surface area contributed by atoms with Gasteiger partial charge in [-0.2, -0.15) is 0 Å². The van der Waals surface area contributed by atoms with Gasteiger partial charge in [0.25, 0.3) is 0 Å². The Morgan fingerprint density at radius 1 is 1.25 bits per heavy atom. The molecular formula is C18H28BrN. The molecule has 1 aromatic rings. The zero-order valence-electron chi connectivity index (χ0n) is 13.3. The quantitative estimate of drug-likeness (QED) is 0.733. The molecule has 1 N–H and O–H groups in total. The molecule has 20 heavy (non-hydrogen) atoms. The summed E-state index contributed by atoms with van der Waals surface area (Å²) in [6.07, 6.45) is 3.81. The summed E-state index contributed by atoms with van der Waals surface area (Å²) in [5.41, 5.74) is 2.24. The van der Waals surface area contributed by atoms with E-state index in [0.29, 0.717) is 10.8 Å². The van der Waals surface area contributed by atoms with Crippen LogP contribution >= 0.6 is 15.9 Å². The first-order chi connectivity index (χ1) is 9.39. The normalized spacial score (nSPS) is 26.4. The van der Waals surface area contributed by atoms with Crippen molar-refractivity contribution in [3.05, 3.63) is 34.3 Å². The van der Waals surface area contributed by atoms with Gasteiger partial charge in [0.2, 0.25) is 0 Å². The van der Waals surface area contributed by atoms with Crippen LogP contribution in [0, 0.1) is 11.3 Å². The van der Waals surface area contributed by atoms with Crippen LogP contribution in [0.4, 0.5) is 0 Å². The molecule has 0 atom stereocenters. The molecule has 2 rings (SSSR count). The highest BCUT2D eigenvalue weighted by Gasteiger charge is 2.49. The first-order valence-corrected chi connectivity index (χ1v) is 8.64. The SMILES string of the molecule is CCCNCC1(c2ccccc2Br)CC(C(C)(C)C)C1. The van der Waals surface area contributed by atoms with Gasteiger partial charge in [-0.3, -0.25) is 0 Å². The molecule has 0 aromatic heterocycles. The molecule has 1 fully saturated rings. The maximum atomic E-state index is 3.76. The maximum absolute atomic E-state index is 3.76. The van der Waals surface area contributed by atoms with Crippen molar-refractivity contribution in [3.63, 3.8) is 0 Å². The summed E-state index contributed by atoms with van der Waals surface area (Å²) < 4.78 is 1.27. The van der Waals surface area contributed by atoms with Gasteiger partial charge in [0.1, 0.15) is 0 Å². The van der Waals surface area contributed by atoms with Crippen LogP contribution in [0.1, 0.15) is 52.5 Å². The highest BCUT2D eigenvalue weighted by atomic mass is 79.9. The van der Waals surface area contributed by atoms with Crippen molar-refractivity contribution in [1.82, 2.24) is 5.32 Å². The predicted molar refractivity (Wildman–Crippen MR) is 91.2 cm³/mol. The largest absolute Gasteiger partial charge is 0.316 e. The highest BCUT2D eigenvalue weighted by molar-refractivity contribution is 9.10. The summed E-state index contributed by atoms with van der Waals surface area (Å²) in [5.74, 6) is 0.832. The third-order valence-corrected chi connectivity index (χ3v) is 5.53. The van der Waals surface area contributed by atoms with E-state index in [1.54, 1.807) is 0 Å². The minimum Gasteiger partial charge on any atom is -0.316 e. The van der Waals surface area contributed by atoms with Crippen molar-refractivity contribution < 1.29 is 0 Å². The van der Waals surface area contributed by atoms with Gasteiger partial charge in [0.15, 0.2) is 0 Å². The number of rotatable bonds is 5. The van der Waals surface area contributed by atoms with Crippen LogP contribution in [0.25, 0.3) is 0 Å². The summed E-state index contributed by atoms with van der Waals surface area (Å²) >= 11 is 3.76. The van der Waals surface area contributed by atoms with Gasteiger partial charge in [-0.15, -0.1) is 0 Å². The van der Waals surface area contributed by atoms with Crippen molar-refractivity contribution in [2.45, 2.75) is 52.4 Å². The Morgan fingerprint density at radius 2 is 1.90 bits per heavy atom. The molecule has 112 valence electrons. The van der Waals surface area contributed by atoms with E-state index in [1.165, 1.54) is 29.3 Å². The molecule has 0 radical (unpaired) electrons. The fraction of sp³-hybridized carbons (Fsp3) is 0.667. The Labute approximate surface area is 132 Å². The van der Waals surface area contributed by atoms with Crippen LogP contribution in [0.3, 0.4) is 0 Å². The average Bonchev–Trinajstić information content (AvgIpc) is 2.32. The highest BCUT2D eigenvalue weighted by Crippen LogP contribution is 2.55. The lowest BCUT2D eigenvalue weighted by molar-refractivity contribution is 0.0445. The minimum atomic E-state index is 0.327. The van der Waals surface area contributed by atoms with Crippen molar-refractivity contribution in [2.75, 3.05) is 13.1 Å². The smallest absolute Gasteiger partial charge is 0.0213 e. The Balaban J connectivity index is 2.17. The number of nitrogens with one attached hydrogen (secondary N) is 1. The van der Waals surface area contributed by atoms with Crippen LogP contribution < -0.4 is 5.32 Å². The van der Waals surface area contributed by atoms with E-state index in [-0.39, 0.29) is 0 Å². The van der Waals surface area contributed by atoms with E-state index in [2.05, 4.69) is 73.2 Å². The molecule has 0 saturated heterocycles. The second-order valence-electron chi connectivity index (χ2n) is 7.41. The van der Waals surface area contributed by atoms with Crippen molar-refractivity contribution in [3.8, 4) is 0 Å². The van der Waals surface area contributed by atoms with Crippen LogP contribution in [0.2, 0.25) is 0 Å². The predicted octanol–water partition coefficient (Wildman–Crippen LogP) is 5.14. The third-order valence-electron chi connectivity index (χ3n) is 4.83. The van der Waals surface area contributed by atoms with E-state index in [9.17, 15) is 0 Å². The van der Waals surface area contributed by atoms with Crippen LogP contribution in [-0.2, 0) is 5.41 Å². The van der Waals surface area contributed by atoms with Gasteiger partial charge in [-0.25, -0.2) is 0 Å². The van der Waals surface area contributed by atoms with E-state index in [0.717, 1.165) is 19.0 Å². The first kappa shape index (κ1) is 16.0. The average molecular weight is 338 g/mol. The van der Waals surface area contributed by atoms with E-state index in [4.69, 9.17) is 0 Å². The Bertz CT molecular complexity index is 441. The summed E-state index contributed by atoms with van der Waals surface area (Å²) in [5, 5.41) is 3.65. The molecule has 2 heteroatoms. The van der Waals surface area contributed by atoms with E-state index >= 15 is 0 Å². The summed E-state index contributed by atoms with van der Waals surface area (Å²) in [6.45, 7) is 11.6. The molecule has 0 aliphatic heterocycles. The minimum absolute atomic E-state index is 0.327. The van der Waals surface area contributed by atoms with Gasteiger partial charge < -0.3 is 5.32 Å². The number of hydrogen-bond donors (Lipinski definition) is 1. The summed E-state index contributed by atoms with van der Waals surface area (Å²) in [6, 6.07) is 8.77. The Hall–Kier alpha value is -0.340. The number of hydrogen-bond acceptors (Lipinski definition) is 1. The molecule has 0 heterocycles. The standard InChI is InChI=1S/C18H28BrN/c1-5-10-20-13-18(11-14(12-18)17(2,3)4)15-8-6-7-9-16(15)19/h6-9,14,20H,5,10-13H2,1-4H3. The van der Waals surface area contributed by atoms with E-state index in [1.807, 2.05) is 0 Å². The topological polar surface area (TPSA) is 12.0 Å². The Kier molecular flexibility index (Phi) is 4.96. The molecule has 1 saturated carbocycles. The van der Waals surface area contributed by atoms with Gasteiger partial charge in [0, 0.05) is 16.4 Å². The van der Waals surface area contributed by atoms with Crippen molar-refractivity contribution in [1.29, 1.82) is 0 Å². The van der Waals surface area contributed by atoms with Crippen LogP contribution in [0.5, 0.6) is 0 Å².